The first-order chi connectivity index (χ1) is 9.08. The molecular weight excluding hydrogens is 266 g/mol. The second-order valence-corrected chi connectivity index (χ2v) is 4.45. The van der Waals surface area contributed by atoms with Gasteiger partial charge in [0.2, 0.25) is 0 Å². The third kappa shape index (κ3) is 3.23. The molecule has 0 saturated carbocycles. The fraction of sp³-hybridized carbons (Fsp3) is 0.143. The molecule has 2 rings (SSSR count). The molecule has 0 atom stereocenters. The van der Waals surface area contributed by atoms with Gasteiger partial charge in [0.1, 0.15) is 6.61 Å². The van der Waals surface area contributed by atoms with Crippen molar-refractivity contribution in [3.05, 3.63) is 52.6 Å². The van der Waals surface area contributed by atoms with E-state index in [-0.39, 0.29) is 12.4 Å². The van der Waals surface area contributed by atoms with Gasteiger partial charge in [0.25, 0.3) is 0 Å². The van der Waals surface area contributed by atoms with E-state index >= 15 is 0 Å². The van der Waals surface area contributed by atoms with Crippen molar-refractivity contribution < 1.29 is 14.3 Å². The Kier molecular flexibility index (Phi) is 4.02. The van der Waals surface area contributed by atoms with E-state index in [0.717, 1.165) is 16.7 Å². The summed E-state index contributed by atoms with van der Waals surface area (Å²) in [7, 11) is 0. The summed E-state index contributed by atoms with van der Waals surface area (Å²) < 4.78 is 4.80. The first kappa shape index (κ1) is 13.4. The molecule has 1 amide bonds. The zero-order valence-corrected chi connectivity index (χ0v) is 10.8. The van der Waals surface area contributed by atoms with Gasteiger partial charge in [-0.25, -0.2) is 4.79 Å². The molecule has 19 heavy (non-hydrogen) atoms. The number of benzene rings is 1. The molecule has 0 aromatic heterocycles. The molecule has 5 heteroatoms. The Morgan fingerprint density at radius 3 is 2.79 bits per heavy atom. The van der Waals surface area contributed by atoms with Crippen molar-refractivity contribution in [2.24, 2.45) is 5.73 Å². The Labute approximate surface area is 115 Å². The quantitative estimate of drug-likeness (QED) is 0.923. The molecule has 0 saturated heterocycles. The van der Waals surface area contributed by atoms with Crippen LogP contribution in [0.2, 0.25) is 5.02 Å². The number of allylic oxidation sites excluding steroid dienone is 4. The van der Waals surface area contributed by atoms with Crippen LogP contribution in [0.4, 0.5) is 4.79 Å². The zero-order chi connectivity index (χ0) is 13.8. The summed E-state index contributed by atoms with van der Waals surface area (Å²) in [4.78, 5) is 21.9. The van der Waals surface area contributed by atoms with Crippen LogP contribution < -0.4 is 5.73 Å². The van der Waals surface area contributed by atoms with E-state index in [1.165, 1.54) is 6.08 Å². The van der Waals surface area contributed by atoms with Crippen molar-refractivity contribution in [1.29, 1.82) is 0 Å². The van der Waals surface area contributed by atoms with Crippen LogP contribution in [-0.2, 0) is 16.1 Å². The summed E-state index contributed by atoms with van der Waals surface area (Å²) in [6.45, 7) is 0.0460. The summed E-state index contributed by atoms with van der Waals surface area (Å²) in [5, 5.41) is 0.538. The number of carbonyl (C=O) groups is 2. The number of nitrogens with two attached hydrogens (primary N) is 1. The van der Waals surface area contributed by atoms with Crippen LogP contribution in [0.5, 0.6) is 0 Å². The predicted molar refractivity (Wildman–Crippen MR) is 72.6 cm³/mol. The van der Waals surface area contributed by atoms with Crippen LogP contribution >= 0.6 is 11.6 Å². The van der Waals surface area contributed by atoms with Gasteiger partial charge in [0.05, 0.1) is 0 Å². The van der Waals surface area contributed by atoms with Crippen LogP contribution in [0, 0.1) is 0 Å². The lowest BCUT2D eigenvalue weighted by Crippen LogP contribution is -2.13. The second kappa shape index (κ2) is 5.71. The number of amides is 1. The van der Waals surface area contributed by atoms with Gasteiger partial charge in [-0.2, -0.15) is 0 Å². The highest BCUT2D eigenvalue weighted by atomic mass is 35.5. The Morgan fingerprint density at radius 1 is 1.37 bits per heavy atom. The fourth-order valence-corrected chi connectivity index (χ4v) is 2.18. The van der Waals surface area contributed by atoms with Gasteiger partial charge in [0.15, 0.2) is 5.78 Å². The number of carbonyl (C=O) groups excluding carboxylic acids is 2. The molecule has 1 aliphatic rings. The standard InChI is InChI=1S/C14H12ClNO3/c15-12-3-1-2-10(8-19-14(16)18)13(12)9-4-6-11(17)7-5-9/h1-6H,7-8H2,(H2,16,18). The minimum atomic E-state index is -0.839. The molecule has 1 aromatic rings. The fourth-order valence-electron chi connectivity index (χ4n) is 1.88. The number of ketones is 1. The van der Waals surface area contributed by atoms with E-state index in [4.69, 9.17) is 22.1 Å². The topological polar surface area (TPSA) is 69.4 Å². The van der Waals surface area contributed by atoms with Crippen LogP contribution in [-0.4, -0.2) is 11.9 Å². The van der Waals surface area contributed by atoms with E-state index < -0.39 is 6.09 Å². The monoisotopic (exact) mass is 277 g/mol. The highest BCUT2D eigenvalue weighted by Gasteiger charge is 2.14. The SMILES string of the molecule is NC(=O)OCc1cccc(Cl)c1C1=CCC(=O)C=C1. The number of hydrogen-bond donors (Lipinski definition) is 1. The van der Waals surface area contributed by atoms with Gasteiger partial charge in [-0.3, -0.25) is 4.79 Å². The van der Waals surface area contributed by atoms with Gasteiger partial charge in [-0.15, -0.1) is 0 Å². The average Bonchev–Trinajstić information content (AvgIpc) is 2.38. The molecule has 98 valence electrons. The Balaban J connectivity index is 2.35. The third-order valence-electron chi connectivity index (χ3n) is 2.73. The van der Waals surface area contributed by atoms with Gasteiger partial charge >= 0.3 is 6.09 Å². The minimum absolute atomic E-state index is 0.0460. The van der Waals surface area contributed by atoms with E-state index in [2.05, 4.69) is 0 Å². The van der Waals surface area contributed by atoms with Crippen molar-refractivity contribution in [2.45, 2.75) is 13.0 Å². The van der Waals surface area contributed by atoms with Crippen molar-refractivity contribution in [3.63, 3.8) is 0 Å². The van der Waals surface area contributed by atoms with Gasteiger partial charge in [-0.1, -0.05) is 35.9 Å². The number of primary amides is 1. The van der Waals surface area contributed by atoms with E-state index in [0.29, 0.717) is 11.4 Å². The molecule has 0 spiro atoms. The van der Waals surface area contributed by atoms with Crippen molar-refractivity contribution in [2.75, 3.05) is 0 Å². The molecule has 0 aliphatic heterocycles. The average molecular weight is 278 g/mol. The summed E-state index contributed by atoms with van der Waals surface area (Å²) >= 11 is 6.18. The maximum absolute atomic E-state index is 11.2. The highest BCUT2D eigenvalue weighted by molar-refractivity contribution is 6.32. The van der Waals surface area contributed by atoms with Crippen molar-refractivity contribution in [3.8, 4) is 0 Å². The predicted octanol–water partition coefficient (Wildman–Crippen LogP) is 2.85. The third-order valence-corrected chi connectivity index (χ3v) is 3.05. The zero-order valence-electron chi connectivity index (χ0n) is 10.1. The minimum Gasteiger partial charge on any atom is -0.445 e. The molecule has 2 N–H and O–H groups in total. The molecule has 0 fully saturated rings. The smallest absolute Gasteiger partial charge is 0.404 e. The Morgan fingerprint density at radius 2 is 2.16 bits per heavy atom. The van der Waals surface area contributed by atoms with Gasteiger partial charge < -0.3 is 10.5 Å². The molecule has 1 aromatic carbocycles. The maximum Gasteiger partial charge on any atom is 0.404 e. The second-order valence-electron chi connectivity index (χ2n) is 4.04. The molecule has 4 nitrogen and oxygen atoms in total. The summed E-state index contributed by atoms with van der Waals surface area (Å²) in [6.07, 6.45) is 4.53. The number of hydrogen-bond acceptors (Lipinski definition) is 3. The summed E-state index contributed by atoms with van der Waals surface area (Å²) in [5.41, 5.74) is 7.30. The first-order valence-corrected chi connectivity index (χ1v) is 6.07. The van der Waals surface area contributed by atoms with Crippen LogP contribution in [0.15, 0.2) is 36.4 Å². The summed E-state index contributed by atoms with van der Waals surface area (Å²) in [6, 6.07) is 5.31. The van der Waals surface area contributed by atoms with E-state index in [1.807, 2.05) is 0 Å². The lowest BCUT2D eigenvalue weighted by Gasteiger charge is -2.14. The summed E-state index contributed by atoms with van der Waals surface area (Å²) in [5.74, 6) is 0.0470. The van der Waals surface area contributed by atoms with Crippen LogP contribution in [0.25, 0.3) is 5.57 Å². The molecule has 0 bridgehead atoms. The lowest BCUT2D eigenvalue weighted by atomic mass is 9.95. The molecule has 0 unspecified atom stereocenters. The highest BCUT2D eigenvalue weighted by Crippen LogP contribution is 2.30. The molecule has 0 radical (unpaired) electrons. The first-order valence-electron chi connectivity index (χ1n) is 5.69. The number of rotatable bonds is 3. The van der Waals surface area contributed by atoms with Crippen molar-refractivity contribution >= 4 is 29.1 Å². The van der Waals surface area contributed by atoms with Gasteiger partial charge in [0, 0.05) is 17.0 Å². The Hall–Kier alpha value is -2.07. The molecule has 0 heterocycles. The Bertz CT molecular complexity index is 590. The molecular formula is C14H12ClNO3. The maximum atomic E-state index is 11.2. The largest absolute Gasteiger partial charge is 0.445 e. The van der Waals surface area contributed by atoms with Crippen LogP contribution in [0.1, 0.15) is 17.5 Å². The van der Waals surface area contributed by atoms with Crippen molar-refractivity contribution in [1.82, 2.24) is 0 Å². The lowest BCUT2D eigenvalue weighted by molar-refractivity contribution is -0.113. The van der Waals surface area contributed by atoms with E-state index in [9.17, 15) is 9.59 Å². The molecule has 1 aliphatic carbocycles. The van der Waals surface area contributed by atoms with E-state index in [1.54, 1.807) is 30.4 Å². The number of ether oxygens (including phenoxy) is 1. The number of halogens is 1. The normalized spacial score (nSPS) is 14.2. The van der Waals surface area contributed by atoms with Crippen LogP contribution in [0.3, 0.4) is 0 Å². The van der Waals surface area contributed by atoms with Gasteiger partial charge in [-0.05, 0) is 23.3 Å².